The Hall–Kier alpha value is -4.26. The van der Waals surface area contributed by atoms with Crippen LogP contribution in [-0.4, -0.2) is 29.3 Å². The van der Waals surface area contributed by atoms with E-state index in [0.29, 0.717) is 16.9 Å². The number of anilines is 1. The van der Waals surface area contributed by atoms with Crippen LogP contribution in [0.3, 0.4) is 0 Å². The highest BCUT2D eigenvalue weighted by atomic mass is 16.4. The normalized spacial score (nSPS) is 10.8. The molecule has 160 valence electrons. The van der Waals surface area contributed by atoms with Gasteiger partial charge in [0.05, 0.1) is 5.39 Å². The van der Waals surface area contributed by atoms with E-state index in [1.165, 1.54) is 4.90 Å². The van der Waals surface area contributed by atoms with Crippen molar-refractivity contribution in [2.45, 2.75) is 13.8 Å². The molecular formula is C25H20N2O5. The molecule has 0 atom stereocenters. The van der Waals surface area contributed by atoms with E-state index in [2.05, 4.69) is 4.98 Å². The van der Waals surface area contributed by atoms with Crippen LogP contribution in [0.25, 0.3) is 22.1 Å². The second-order valence-electron chi connectivity index (χ2n) is 7.48. The van der Waals surface area contributed by atoms with Crippen LogP contribution in [0, 0.1) is 13.8 Å². The third kappa shape index (κ3) is 3.43. The number of hydrogen-bond acceptors (Lipinski definition) is 6. The number of aromatic nitrogens is 1. The molecular weight excluding hydrogens is 408 g/mol. The minimum Gasteiger partial charge on any atom is -0.506 e. The zero-order chi connectivity index (χ0) is 23.0. The number of fused-ring (bicyclic) bond motifs is 1. The van der Waals surface area contributed by atoms with Crippen LogP contribution in [0.4, 0.5) is 5.82 Å². The number of amides is 1. The average molecular weight is 428 g/mol. The summed E-state index contributed by atoms with van der Waals surface area (Å²) in [5, 5.41) is 10.5. The van der Waals surface area contributed by atoms with Gasteiger partial charge in [0.25, 0.3) is 5.91 Å². The molecule has 0 aliphatic heterocycles. The van der Waals surface area contributed by atoms with E-state index in [1.54, 1.807) is 56.6 Å². The van der Waals surface area contributed by atoms with Gasteiger partial charge in [-0.3, -0.25) is 14.5 Å². The Balaban J connectivity index is 1.76. The van der Waals surface area contributed by atoms with Crippen molar-refractivity contribution in [3.8, 4) is 16.9 Å². The Bertz CT molecular complexity index is 1420. The number of nitrogens with zero attached hydrogens (tertiary/aromatic N) is 2. The predicted octanol–water partition coefficient (Wildman–Crippen LogP) is 4.27. The van der Waals surface area contributed by atoms with E-state index in [-0.39, 0.29) is 23.2 Å². The lowest BCUT2D eigenvalue weighted by Gasteiger charge is -2.19. The summed E-state index contributed by atoms with van der Waals surface area (Å²) in [5.41, 5.74) is 2.38. The Morgan fingerprint density at radius 1 is 1.12 bits per heavy atom. The summed E-state index contributed by atoms with van der Waals surface area (Å²) in [6.07, 6.45) is 1.92. The number of pyridine rings is 1. The molecule has 0 radical (unpaired) electrons. The summed E-state index contributed by atoms with van der Waals surface area (Å²) < 4.78 is 5.31. The molecule has 0 bridgehead atoms. The standard InChI is InChI=1S/C25H20N2O5/c1-14-11-17(12-26-23(14)27(3)24(30)16-7-5-4-6-8-16)18-9-10-19-21(29)20(13-28)25(31)32-22(19)15(18)2/h4-13,29H,1-3H3. The van der Waals surface area contributed by atoms with E-state index in [4.69, 9.17) is 4.42 Å². The number of carbonyl (C=O) groups is 2. The maximum absolute atomic E-state index is 12.8. The Labute approximate surface area is 183 Å². The van der Waals surface area contributed by atoms with E-state index in [0.717, 1.165) is 16.7 Å². The van der Waals surface area contributed by atoms with Gasteiger partial charge in [-0.25, -0.2) is 9.78 Å². The predicted molar refractivity (Wildman–Crippen MR) is 121 cm³/mol. The smallest absolute Gasteiger partial charge is 0.350 e. The average Bonchev–Trinajstić information content (AvgIpc) is 2.79. The lowest BCUT2D eigenvalue weighted by Crippen LogP contribution is -2.27. The second kappa shape index (κ2) is 8.11. The number of benzene rings is 2. The monoisotopic (exact) mass is 428 g/mol. The van der Waals surface area contributed by atoms with Crippen LogP contribution >= 0.6 is 0 Å². The molecule has 2 heterocycles. The van der Waals surface area contributed by atoms with Gasteiger partial charge in [-0.05, 0) is 49.2 Å². The third-order valence-electron chi connectivity index (χ3n) is 5.45. The SMILES string of the molecule is Cc1cc(-c2ccc3c(O)c(C=O)c(=O)oc3c2C)cnc1N(C)C(=O)c1ccccc1. The van der Waals surface area contributed by atoms with Gasteiger partial charge in [-0.15, -0.1) is 0 Å². The largest absolute Gasteiger partial charge is 0.506 e. The summed E-state index contributed by atoms with van der Waals surface area (Å²) in [4.78, 5) is 41.9. The molecule has 4 aromatic rings. The van der Waals surface area contributed by atoms with Crippen molar-refractivity contribution in [3.05, 3.63) is 87.4 Å². The second-order valence-corrected chi connectivity index (χ2v) is 7.48. The van der Waals surface area contributed by atoms with Crippen molar-refractivity contribution in [2.24, 2.45) is 0 Å². The quantitative estimate of drug-likeness (QED) is 0.385. The van der Waals surface area contributed by atoms with Crippen LogP contribution < -0.4 is 10.5 Å². The van der Waals surface area contributed by atoms with Crippen molar-refractivity contribution in [3.63, 3.8) is 0 Å². The van der Waals surface area contributed by atoms with Gasteiger partial charge < -0.3 is 9.52 Å². The van der Waals surface area contributed by atoms with Crippen LogP contribution in [-0.2, 0) is 0 Å². The van der Waals surface area contributed by atoms with E-state index < -0.39 is 16.9 Å². The highest BCUT2D eigenvalue weighted by Gasteiger charge is 2.19. The molecule has 0 saturated heterocycles. The lowest BCUT2D eigenvalue weighted by atomic mass is 9.98. The highest BCUT2D eigenvalue weighted by molar-refractivity contribution is 6.05. The third-order valence-corrected chi connectivity index (χ3v) is 5.45. The van der Waals surface area contributed by atoms with Crippen LogP contribution in [0.1, 0.15) is 31.8 Å². The topological polar surface area (TPSA) is 101 Å². The maximum atomic E-state index is 12.8. The molecule has 1 amide bonds. The molecule has 7 heteroatoms. The molecule has 0 unspecified atom stereocenters. The summed E-state index contributed by atoms with van der Waals surface area (Å²) in [7, 11) is 1.67. The first-order chi connectivity index (χ1) is 15.3. The van der Waals surface area contributed by atoms with E-state index in [1.807, 2.05) is 19.1 Å². The fourth-order valence-corrected chi connectivity index (χ4v) is 3.75. The summed E-state index contributed by atoms with van der Waals surface area (Å²) in [6.45, 7) is 3.62. The van der Waals surface area contributed by atoms with Crippen LogP contribution in [0.2, 0.25) is 0 Å². The van der Waals surface area contributed by atoms with Gasteiger partial charge in [0, 0.05) is 29.9 Å². The number of rotatable bonds is 4. The first-order valence-corrected chi connectivity index (χ1v) is 9.88. The van der Waals surface area contributed by atoms with Crippen molar-refractivity contribution >= 4 is 29.0 Å². The molecule has 2 aromatic carbocycles. The van der Waals surface area contributed by atoms with Crippen molar-refractivity contribution in [2.75, 3.05) is 11.9 Å². The Kier molecular flexibility index (Phi) is 5.32. The number of aromatic hydroxyl groups is 1. The number of hydrogen-bond donors (Lipinski definition) is 1. The first-order valence-electron chi connectivity index (χ1n) is 9.88. The first kappa shape index (κ1) is 21.0. The lowest BCUT2D eigenvalue weighted by molar-refractivity contribution is 0.0991. The molecule has 0 saturated carbocycles. The summed E-state index contributed by atoms with van der Waals surface area (Å²) in [6, 6.07) is 14.2. The van der Waals surface area contributed by atoms with Crippen LogP contribution in [0.15, 0.2) is 63.9 Å². The van der Waals surface area contributed by atoms with E-state index in [9.17, 15) is 19.5 Å². The van der Waals surface area contributed by atoms with Crippen molar-refractivity contribution in [1.82, 2.24) is 4.98 Å². The highest BCUT2D eigenvalue weighted by Crippen LogP contribution is 2.34. The maximum Gasteiger partial charge on any atom is 0.350 e. The zero-order valence-corrected chi connectivity index (χ0v) is 17.7. The van der Waals surface area contributed by atoms with Gasteiger partial charge >= 0.3 is 5.63 Å². The van der Waals surface area contributed by atoms with Gasteiger partial charge in [-0.2, -0.15) is 0 Å². The minimum absolute atomic E-state index is 0.168. The fraction of sp³-hybridized carbons (Fsp3) is 0.120. The van der Waals surface area contributed by atoms with Crippen LogP contribution in [0.5, 0.6) is 5.75 Å². The zero-order valence-electron chi connectivity index (χ0n) is 17.7. The Morgan fingerprint density at radius 3 is 2.50 bits per heavy atom. The molecule has 4 rings (SSSR count). The van der Waals surface area contributed by atoms with Gasteiger partial charge in [-0.1, -0.05) is 24.3 Å². The van der Waals surface area contributed by atoms with Gasteiger partial charge in [0.2, 0.25) is 0 Å². The summed E-state index contributed by atoms with van der Waals surface area (Å²) >= 11 is 0. The molecule has 0 aliphatic carbocycles. The molecule has 0 spiro atoms. The number of aryl methyl sites for hydroxylation is 2. The van der Waals surface area contributed by atoms with Crippen molar-refractivity contribution in [1.29, 1.82) is 0 Å². The molecule has 1 N–H and O–H groups in total. The molecule has 2 aromatic heterocycles. The van der Waals surface area contributed by atoms with E-state index >= 15 is 0 Å². The van der Waals surface area contributed by atoms with Gasteiger partial charge in [0.1, 0.15) is 22.7 Å². The number of carbonyl (C=O) groups excluding carboxylic acids is 2. The molecule has 0 fully saturated rings. The summed E-state index contributed by atoms with van der Waals surface area (Å²) in [5.74, 6) is -0.0356. The molecule has 7 nitrogen and oxygen atoms in total. The molecule has 0 aliphatic rings. The molecule has 32 heavy (non-hydrogen) atoms. The minimum atomic E-state index is -0.893. The van der Waals surface area contributed by atoms with Crippen molar-refractivity contribution < 1.29 is 19.1 Å². The Morgan fingerprint density at radius 2 is 1.84 bits per heavy atom. The fourth-order valence-electron chi connectivity index (χ4n) is 3.75. The van der Waals surface area contributed by atoms with Gasteiger partial charge in [0.15, 0.2) is 6.29 Å². The number of aldehydes is 1.